The molecular formula is C8H12N2O2. The Hall–Kier alpha value is -1.24. The van der Waals surface area contributed by atoms with E-state index in [2.05, 4.69) is 6.07 Å². The zero-order valence-electron chi connectivity index (χ0n) is 7.28. The van der Waals surface area contributed by atoms with Crippen LogP contribution in [0, 0.1) is 11.3 Å². The Bertz CT molecular complexity index is 222. The molecule has 0 N–H and O–H groups in total. The molecule has 1 aliphatic heterocycles. The van der Waals surface area contributed by atoms with E-state index in [1.807, 2.05) is 6.92 Å². The summed E-state index contributed by atoms with van der Waals surface area (Å²) in [4.78, 5) is 12.6. The second-order valence-corrected chi connectivity index (χ2v) is 2.66. The van der Waals surface area contributed by atoms with Crippen LogP contribution in [0.15, 0.2) is 0 Å². The fraction of sp³-hybridized carbons (Fsp3) is 0.750. The van der Waals surface area contributed by atoms with Crippen LogP contribution in [0.3, 0.4) is 0 Å². The molecule has 1 fully saturated rings. The highest BCUT2D eigenvalue weighted by Gasteiger charge is 2.51. The van der Waals surface area contributed by atoms with Gasteiger partial charge in [0.15, 0.2) is 0 Å². The number of amides is 1. The van der Waals surface area contributed by atoms with E-state index < -0.39 is 0 Å². The minimum Gasteiger partial charge on any atom is -0.450 e. The summed E-state index contributed by atoms with van der Waals surface area (Å²) < 4.78 is 4.77. The molecule has 0 aromatic heterocycles. The Morgan fingerprint density at radius 2 is 2.33 bits per heavy atom. The topological polar surface area (TPSA) is 53.1 Å². The second kappa shape index (κ2) is 3.44. The van der Waals surface area contributed by atoms with Gasteiger partial charge in [0.25, 0.3) is 0 Å². The van der Waals surface area contributed by atoms with Gasteiger partial charge >= 0.3 is 6.09 Å². The first kappa shape index (κ1) is 8.85. The summed E-state index contributed by atoms with van der Waals surface area (Å²) in [6.45, 7) is 4.07. The van der Waals surface area contributed by atoms with Gasteiger partial charge in [-0.3, -0.25) is 4.90 Å². The van der Waals surface area contributed by atoms with Crippen molar-refractivity contribution in [1.82, 2.24) is 4.90 Å². The summed E-state index contributed by atoms with van der Waals surface area (Å²) >= 11 is 0. The van der Waals surface area contributed by atoms with Gasteiger partial charge in [-0.1, -0.05) is 6.92 Å². The number of nitriles is 1. The van der Waals surface area contributed by atoms with Gasteiger partial charge in [-0.25, -0.2) is 4.79 Å². The van der Waals surface area contributed by atoms with Gasteiger partial charge < -0.3 is 4.74 Å². The smallest absolute Gasteiger partial charge is 0.411 e. The summed E-state index contributed by atoms with van der Waals surface area (Å²) in [5.74, 6) is 0. The van der Waals surface area contributed by atoms with Gasteiger partial charge in [0.05, 0.1) is 18.7 Å². The molecule has 0 aromatic rings. The summed E-state index contributed by atoms with van der Waals surface area (Å²) in [7, 11) is 0. The Morgan fingerprint density at radius 3 is 2.67 bits per heavy atom. The van der Waals surface area contributed by atoms with Crippen molar-refractivity contribution in [3.8, 4) is 6.07 Å². The van der Waals surface area contributed by atoms with Gasteiger partial charge in [-0.15, -0.1) is 0 Å². The number of carbonyl (C=O) groups is 1. The zero-order valence-corrected chi connectivity index (χ0v) is 7.28. The number of ether oxygens (including phenoxy) is 1. The molecule has 66 valence electrons. The zero-order chi connectivity index (χ0) is 9.14. The van der Waals surface area contributed by atoms with Crippen LogP contribution >= 0.6 is 0 Å². The van der Waals surface area contributed by atoms with Crippen LogP contribution in [0.5, 0.6) is 0 Å². The fourth-order valence-electron chi connectivity index (χ4n) is 1.30. The number of nitrogens with zero attached hydrogens (tertiary/aromatic N) is 2. The van der Waals surface area contributed by atoms with Gasteiger partial charge in [-0.2, -0.15) is 5.26 Å². The largest absolute Gasteiger partial charge is 0.450 e. The number of rotatable bonds is 2. The van der Waals surface area contributed by atoms with E-state index in [4.69, 9.17) is 10.00 Å². The van der Waals surface area contributed by atoms with E-state index in [1.165, 1.54) is 4.90 Å². The van der Waals surface area contributed by atoms with Crippen LogP contribution < -0.4 is 0 Å². The molecule has 1 aliphatic rings. The average Bonchev–Trinajstić information content (AvgIpc) is 2.77. The first-order valence-electron chi connectivity index (χ1n) is 4.11. The van der Waals surface area contributed by atoms with Crippen molar-refractivity contribution in [3.05, 3.63) is 0 Å². The van der Waals surface area contributed by atoms with Crippen LogP contribution in [0.25, 0.3) is 0 Å². The minimum atomic E-state index is -0.365. The van der Waals surface area contributed by atoms with Crippen LogP contribution in [0.4, 0.5) is 4.79 Å². The third-order valence-corrected chi connectivity index (χ3v) is 1.96. The summed E-state index contributed by atoms with van der Waals surface area (Å²) in [5.41, 5.74) is 0. The summed E-state index contributed by atoms with van der Waals surface area (Å²) in [6, 6.07) is 1.88. The molecule has 1 saturated heterocycles. The Kier molecular flexibility index (Phi) is 2.54. The molecule has 4 heteroatoms. The molecule has 1 amide bonds. The van der Waals surface area contributed by atoms with Gasteiger partial charge in [0.2, 0.25) is 0 Å². The molecule has 1 heterocycles. The lowest BCUT2D eigenvalue weighted by Gasteiger charge is -2.01. The van der Waals surface area contributed by atoms with E-state index in [9.17, 15) is 4.79 Å². The van der Waals surface area contributed by atoms with Crippen molar-refractivity contribution >= 4 is 6.09 Å². The number of carbonyl (C=O) groups excluding carboxylic acids is 1. The molecule has 0 saturated carbocycles. The molecule has 0 aromatic carbocycles. The maximum Gasteiger partial charge on any atom is 0.411 e. The molecule has 0 radical (unpaired) electrons. The highest BCUT2D eigenvalue weighted by atomic mass is 16.6. The molecule has 0 spiro atoms. The van der Waals surface area contributed by atoms with Crippen molar-refractivity contribution in [1.29, 1.82) is 5.26 Å². The van der Waals surface area contributed by atoms with Crippen LogP contribution in [-0.4, -0.2) is 29.7 Å². The van der Waals surface area contributed by atoms with E-state index in [0.717, 1.165) is 6.42 Å². The van der Waals surface area contributed by atoms with E-state index in [1.54, 1.807) is 6.92 Å². The van der Waals surface area contributed by atoms with Crippen molar-refractivity contribution in [2.45, 2.75) is 32.4 Å². The molecule has 12 heavy (non-hydrogen) atoms. The van der Waals surface area contributed by atoms with Crippen molar-refractivity contribution in [3.63, 3.8) is 0 Å². The Balaban J connectivity index is 2.46. The average molecular weight is 168 g/mol. The SMILES string of the molecule is CCOC(=O)N1[C@H](C#N)[C@@H]1CC. The third-order valence-electron chi connectivity index (χ3n) is 1.96. The monoisotopic (exact) mass is 168 g/mol. The lowest BCUT2D eigenvalue weighted by molar-refractivity contribution is 0.133. The standard InChI is InChI=1S/C8H12N2O2/c1-3-6-7(5-9)10(6)8(11)12-4-2/h6-7H,3-4H2,1-2H3/t6-,7+,10?/m0/s1. The highest BCUT2D eigenvalue weighted by molar-refractivity contribution is 5.73. The molecule has 0 aliphatic carbocycles. The predicted octanol–water partition coefficient (Wildman–Crippen LogP) is 1.13. The van der Waals surface area contributed by atoms with E-state index >= 15 is 0 Å². The van der Waals surface area contributed by atoms with Crippen LogP contribution in [-0.2, 0) is 4.74 Å². The quantitative estimate of drug-likeness (QED) is 0.581. The highest BCUT2D eigenvalue weighted by Crippen LogP contribution is 2.30. The lowest BCUT2D eigenvalue weighted by atomic mass is 10.3. The lowest BCUT2D eigenvalue weighted by Crippen LogP contribution is -2.15. The van der Waals surface area contributed by atoms with Crippen molar-refractivity contribution < 1.29 is 9.53 Å². The van der Waals surface area contributed by atoms with Gasteiger partial charge in [0.1, 0.15) is 6.04 Å². The molecule has 0 unspecified atom stereocenters. The Labute approximate surface area is 71.7 Å². The van der Waals surface area contributed by atoms with Gasteiger partial charge in [-0.05, 0) is 13.3 Å². The van der Waals surface area contributed by atoms with Gasteiger partial charge in [0, 0.05) is 0 Å². The maximum atomic E-state index is 11.1. The summed E-state index contributed by atoms with van der Waals surface area (Å²) in [6.07, 6.45) is 0.452. The maximum absolute atomic E-state index is 11.1. The first-order chi connectivity index (χ1) is 5.76. The molecule has 4 nitrogen and oxygen atoms in total. The molecular weight excluding hydrogens is 156 g/mol. The third kappa shape index (κ3) is 1.35. The summed E-state index contributed by atoms with van der Waals surface area (Å²) in [5, 5.41) is 8.60. The van der Waals surface area contributed by atoms with Crippen molar-refractivity contribution in [2.24, 2.45) is 0 Å². The fourth-order valence-corrected chi connectivity index (χ4v) is 1.30. The Morgan fingerprint density at radius 1 is 1.67 bits per heavy atom. The number of hydrogen-bond donors (Lipinski definition) is 0. The normalized spacial score (nSPS) is 26.2. The van der Waals surface area contributed by atoms with E-state index in [0.29, 0.717) is 6.61 Å². The first-order valence-corrected chi connectivity index (χ1v) is 4.11. The molecule has 2 atom stereocenters. The second-order valence-electron chi connectivity index (χ2n) is 2.66. The van der Waals surface area contributed by atoms with Crippen LogP contribution in [0.2, 0.25) is 0 Å². The minimum absolute atomic E-state index is 0.0778. The predicted molar refractivity (Wildman–Crippen MR) is 42.3 cm³/mol. The number of hydrogen-bond acceptors (Lipinski definition) is 3. The molecule has 1 rings (SSSR count). The van der Waals surface area contributed by atoms with Crippen molar-refractivity contribution in [2.75, 3.05) is 6.61 Å². The van der Waals surface area contributed by atoms with Crippen LogP contribution in [0.1, 0.15) is 20.3 Å². The molecule has 0 bridgehead atoms. The van der Waals surface area contributed by atoms with E-state index in [-0.39, 0.29) is 18.2 Å².